The number of hydrazine groups is 1. The maximum absolute atomic E-state index is 14.0. The van der Waals surface area contributed by atoms with Gasteiger partial charge in [-0.3, -0.25) is 5.84 Å². The van der Waals surface area contributed by atoms with E-state index in [4.69, 9.17) is 5.84 Å². The lowest BCUT2D eigenvalue weighted by Crippen LogP contribution is -2.29. The van der Waals surface area contributed by atoms with Gasteiger partial charge in [0.05, 0.1) is 10.5 Å². The Kier molecular flexibility index (Phi) is 4.50. The second-order valence-corrected chi connectivity index (χ2v) is 6.24. The summed E-state index contributed by atoms with van der Waals surface area (Å²) < 4.78 is 28.8. The number of hydrogen-bond acceptors (Lipinski definition) is 3. The highest BCUT2D eigenvalue weighted by Gasteiger charge is 2.23. The summed E-state index contributed by atoms with van der Waals surface area (Å²) in [5.41, 5.74) is 2.35. The molecule has 0 aliphatic rings. The van der Waals surface area contributed by atoms with Crippen LogP contribution < -0.4 is 11.3 Å². The number of halogens is 4. The zero-order valence-electron chi connectivity index (χ0n) is 8.88. The van der Waals surface area contributed by atoms with Gasteiger partial charge in [-0.15, -0.1) is 11.3 Å². The molecular weight excluding hydrogens is 390 g/mol. The molecule has 0 saturated carbocycles. The zero-order chi connectivity index (χ0) is 13.3. The molecule has 2 rings (SSSR count). The minimum Gasteiger partial charge on any atom is -0.271 e. The van der Waals surface area contributed by atoms with Crippen LogP contribution in [0.5, 0.6) is 0 Å². The predicted octanol–water partition coefficient (Wildman–Crippen LogP) is 4.10. The van der Waals surface area contributed by atoms with Crippen LogP contribution in [0.3, 0.4) is 0 Å². The summed E-state index contributed by atoms with van der Waals surface area (Å²) in [5, 5.41) is 1.83. The first-order valence-corrected chi connectivity index (χ1v) is 7.34. The summed E-state index contributed by atoms with van der Waals surface area (Å²) in [6.07, 6.45) is 0. The molecule has 7 heteroatoms. The quantitative estimate of drug-likeness (QED) is 0.464. The van der Waals surface area contributed by atoms with Crippen molar-refractivity contribution in [2.75, 3.05) is 0 Å². The van der Waals surface area contributed by atoms with Crippen molar-refractivity contribution in [3.8, 4) is 0 Å². The lowest BCUT2D eigenvalue weighted by Gasteiger charge is -2.17. The Morgan fingerprint density at radius 3 is 2.56 bits per heavy atom. The van der Waals surface area contributed by atoms with Gasteiger partial charge in [-0.05, 0) is 50.1 Å². The van der Waals surface area contributed by atoms with E-state index < -0.39 is 17.7 Å². The van der Waals surface area contributed by atoms with E-state index >= 15 is 0 Å². The molecule has 1 unspecified atom stereocenters. The molecule has 1 aromatic heterocycles. The summed E-state index contributed by atoms with van der Waals surface area (Å²) >= 11 is 7.70. The number of nitrogens with two attached hydrogens (primary N) is 1. The van der Waals surface area contributed by atoms with E-state index in [2.05, 4.69) is 37.3 Å². The van der Waals surface area contributed by atoms with Gasteiger partial charge in [0.1, 0.15) is 11.6 Å². The molecule has 0 radical (unpaired) electrons. The first-order chi connectivity index (χ1) is 8.54. The van der Waals surface area contributed by atoms with Gasteiger partial charge in [0, 0.05) is 20.3 Å². The van der Waals surface area contributed by atoms with Gasteiger partial charge >= 0.3 is 0 Å². The molecular formula is C11H8Br2F2N2S. The summed E-state index contributed by atoms with van der Waals surface area (Å²) in [6.45, 7) is 0. The fraction of sp³-hybridized carbons (Fsp3) is 0.0909. The molecule has 2 nitrogen and oxygen atoms in total. The SMILES string of the molecule is NNC(c1cc(Br)cs1)c1c(F)ccc(Br)c1F. The largest absolute Gasteiger partial charge is 0.271 e. The third-order valence-electron chi connectivity index (χ3n) is 2.41. The molecule has 1 heterocycles. The van der Waals surface area contributed by atoms with Crippen molar-refractivity contribution in [2.24, 2.45) is 5.84 Å². The van der Waals surface area contributed by atoms with E-state index in [0.29, 0.717) is 0 Å². The van der Waals surface area contributed by atoms with E-state index in [-0.39, 0.29) is 10.0 Å². The van der Waals surface area contributed by atoms with Crippen LogP contribution in [0.15, 0.2) is 32.5 Å². The Labute approximate surface area is 123 Å². The number of rotatable bonds is 3. The van der Waals surface area contributed by atoms with Crippen LogP contribution in [-0.4, -0.2) is 0 Å². The Bertz CT molecular complexity index is 574. The van der Waals surface area contributed by atoms with E-state index in [1.54, 1.807) is 6.07 Å². The highest BCUT2D eigenvalue weighted by atomic mass is 79.9. The number of hydrogen-bond donors (Lipinski definition) is 2. The van der Waals surface area contributed by atoms with E-state index in [9.17, 15) is 8.78 Å². The third kappa shape index (κ3) is 2.65. The van der Waals surface area contributed by atoms with Crippen LogP contribution in [0, 0.1) is 11.6 Å². The lowest BCUT2D eigenvalue weighted by molar-refractivity contribution is 0.510. The number of nitrogens with one attached hydrogen (secondary N) is 1. The Balaban J connectivity index is 2.55. The van der Waals surface area contributed by atoms with Gasteiger partial charge in [-0.25, -0.2) is 14.2 Å². The molecule has 1 aromatic carbocycles. The minimum absolute atomic E-state index is 0.0961. The predicted molar refractivity (Wildman–Crippen MR) is 75.2 cm³/mol. The topological polar surface area (TPSA) is 38.0 Å². The Hall–Kier alpha value is -0.340. The maximum Gasteiger partial charge on any atom is 0.145 e. The lowest BCUT2D eigenvalue weighted by atomic mass is 10.0. The molecule has 96 valence electrons. The fourth-order valence-corrected chi connectivity index (χ4v) is 3.45. The van der Waals surface area contributed by atoms with Crippen LogP contribution in [0.1, 0.15) is 16.5 Å². The zero-order valence-corrected chi connectivity index (χ0v) is 12.9. The molecule has 0 amide bonds. The molecule has 0 spiro atoms. The maximum atomic E-state index is 14.0. The monoisotopic (exact) mass is 396 g/mol. The van der Waals surface area contributed by atoms with Gasteiger partial charge < -0.3 is 0 Å². The molecule has 3 N–H and O–H groups in total. The average Bonchev–Trinajstić information content (AvgIpc) is 2.76. The number of benzene rings is 1. The molecule has 18 heavy (non-hydrogen) atoms. The smallest absolute Gasteiger partial charge is 0.145 e. The van der Waals surface area contributed by atoms with Crippen molar-refractivity contribution in [3.63, 3.8) is 0 Å². The van der Waals surface area contributed by atoms with E-state index in [1.165, 1.54) is 23.5 Å². The van der Waals surface area contributed by atoms with Crippen LogP contribution in [0.2, 0.25) is 0 Å². The standard InChI is InChI=1S/C11H8Br2F2N2S/c12-5-3-8(18-4-5)11(17-16)9-7(14)2-1-6(13)10(9)15/h1-4,11,17H,16H2. The van der Waals surface area contributed by atoms with Crippen LogP contribution in [0.25, 0.3) is 0 Å². The summed E-state index contributed by atoms with van der Waals surface area (Å²) in [7, 11) is 0. The van der Waals surface area contributed by atoms with Crippen molar-refractivity contribution in [3.05, 3.63) is 54.6 Å². The van der Waals surface area contributed by atoms with Crippen molar-refractivity contribution in [2.45, 2.75) is 6.04 Å². The van der Waals surface area contributed by atoms with Gasteiger partial charge in [0.15, 0.2) is 0 Å². The second kappa shape index (κ2) is 5.75. The highest BCUT2D eigenvalue weighted by Crippen LogP contribution is 2.34. The third-order valence-corrected chi connectivity index (χ3v) is 4.78. The van der Waals surface area contributed by atoms with E-state index in [0.717, 1.165) is 9.35 Å². The normalized spacial score (nSPS) is 12.7. The van der Waals surface area contributed by atoms with Crippen LogP contribution >= 0.6 is 43.2 Å². The molecule has 0 aliphatic carbocycles. The van der Waals surface area contributed by atoms with Gasteiger partial charge in [-0.2, -0.15) is 0 Å². The first-order valence-electron chi connectivity index (χ1n) is 4.88. The summed E-state index contributed by atoms with van der Waals surface area (Å²) in [4.78, 5) is 0.722. The van der Waals surface area contributed by atoms with Crippen LogP contribution in [-0.2, 0) is 0 Å². The van der Waals surface area contributed by atoms with Crippen molar-refractivity contribution in [1.82, 2.24) is 5.43 Å². The molecule has 0 bridgehead atoms. The van der Waals surface area contributed by atoms with Crippen molar-refractivity contribution >= 4 is 43.2 Å². The van der Waals surface area contributed by atoms with Crippen molar-refractivity contribution < 1.29 is 8.78 Å². The van der Waals surface area contributed by atoms with Gasteiger partial charge in [0.2, 0.25) is 0 Å². The molecule has 2 aromatic rings. The fourth-order valence-electron chi connectivity index (χ4n) is 1.59. The second-order valence-electron chi connectivity index (χ2n) is 3.52. The first kappa shape index (κ1) is 14.1. The Morgan fingerprint density at radius 1 is 1.28 bits per heavy atom. The average molecular weight is 398 g/mol. The molecule has 0 fully saturated rings. The summed E-state index contributed by atoms with van der Waals surface area (Å²) in [6, 6.07) is 3.58. The van der Waals surface area contributed by atoms with Gasteiger partial charge in [0.25, 0.3) is 0 Å². The summed E-state index contributed by atoms with van der Waals surface area (Å²) in [5.74, 6) is 4.14. The molecule has 0 aliphatic heterocycles. The molecule has 1 atom stereocenters. The molecule has 0 saturated heterocycles. The van der Waals surface area contributed by atoms with E-state index in [1.807, 2.05) is 5.38 Å². The van der Waals surface area contributed by atoms with Gasteiger partial charge in [-0.1, -0.05) is 0 Å². The van der Waals surface area contributed by atoms with Crippen LogP contribution in [0.4, 0.5) is 8.78 Å². The number of thiophene rings is 1. The minimum atomic E-state index is -0.723. The van der Waals surface area contributed by atoms with Crippen molar-refractivity contribution in [1.29, 1.82) is 0 Å². The Morgan fingerprint density at radius 2 is 2.00 bits per heavy atom. The highest BCUT2D eigenvalue weighted by molar-refractivity contribution is 9.10.